The third-order valence-electron chi connectivity index (χ3n) is 5.68. The van der Waals surface area contributed by atoms with Crippen LogP contribution in [0.4, 0.5) is 0 Å². The van der Waals surface area contributed by atoms with E-state index in [-0.39, 0.29) is 29.3 Å². The number of hydrogen-bond donors (Lipinski definition) is 3. The average Bonchev–Trinajstić information content (AvgIpc) is 2.88. The quantitative estimate of drug-likeness (QED) is 0.680. The number of thioether (sulfide) groups is 1. The van der Waals surface area contributed by atoms with Gasteiger partial charge in [-0.1, -0.05) is 30.2 Å². The molecule has 3 unspecified atom stereocenters. The molecule has 1 saturated heterocycles. The molecule has 7 heteroatoms. The van der Waals surface area contributed by atoms with Gasteiger partial charge in [0.05, 0.1) is 17.5 Å². The third-order valence-corrected chi connectivity index (χ3v) is 7.35. The Balaban J connectivity index is 1.25. The van der Waals surface area contributed by atoms with Crippen molar-refractivity contribution in [2.75, 3.05) is 0 Å². The van der Waals surface area contributed by atoms with Gasteiger partial charge in [0.1, 0.15) is 0 Å². The maximum Gasteiger partial charge on any atom is 0.230 e. The molecule has 2 heterocycles. The molecule has 0 radical (unpaired) electrons. The van der Waals surface area contributed by atoms with Crippen LogP contribution in [-0.4, -0.2) is 23.4 Å². The SMILES string of the molecule is O=C(CCC1NC(=O)C2C3=C(CCCCC3)SC2N1)NCc1ccc(Cl)cc1. The lowest BCUT2D eigenvalue weighted by Crippen LogP contribution is -2.59. The Morgan fingerprint density at radius 2 is 1.96 bits per heavy atom. The number of fused-ring (bicyclic) bond motifs is 2. The number of hydrogen-bond acceptors (Lipinski definition) is 4. The lowest BCUT2D eigenvalue weighted by atomic mass is 9.92. The van der Waals surface area contributed by atoms with Crippen LogP contribution in [0.5, 0.6) is 0 Å². The molecule has 3 N–H and O–H groups in total. The van der Waals surface area contributed by atoms with E-state index in [1.54, 1.807) is 0 Å². The van der Waals surface area contributed by atoms with E-state index < -0.39 is 0 Å². The second-order valence-electron chi connectivity index (χ2n) is 7.69. The Hall–Kier alpha value is -1.50. The van der Waals surface area contributed by atoms with Gasteiger partial charge < -0.3 is 10.6 Å². The van der Waals surface area contributed by atoms with Crippen molar-refractivity contribution in [3.05, 3.63) is 45.3 Å². The zero-order chi connectivity index (χ0) is 19.5. The van der Waals surface area contributed by atoms with Crippen molar-refractivity contribution in [3.63, 3.8) is 0 Å². The number of halogens is 1. The summed E-state index contributed by atoms with van der Waals surface area (Å²) in [6.45, 7) is 0.484. The lowest BCUT2D eigenvalue weighted by Gasteiger charge is -2.34. The molecule has 1 aliphatic carbocycles. The number of allylic oxidation sites excluding steroid dienone is 1. The predicted octanol–water partition coefficient (Wildman–Crippen LogP) is 3.69. The molecular weight excluding hydrogens is 394 g/mol. The van der Waals surface area contributed by atoms with Crippen molar-refractivity contribution in [1.82, 2.24) is 16.0 Å². The second kappa shape index (κ2) is 8.89. The fraction of sp³-hybridized carbons (Fsp3) is 0.524. The number of nitrogens with one attached hydrogen (secondary N) is 3. The average molecular weight is 420 g/mol. The fourth-order valence-electron chi connectivity index (χ4n) is 4.20. The van der Waals surface area contributed by atoms with Gasteiger partial charge in [-0.3, -0.25) is 14.9 Å². The summed E-state index contributed by atoms with van der Waals surface area (Å²) in [7, 11) is 0. The van der Waals surface area contributed by atoms with Crippen molar-refractivity contribution in [2.45, 2.75) is 63.0 Å². The smallest absolute Gasteiger partial charge is 0.230 e. The summed E-state index contributed by atoms with van der Waals surface area (Å²) in [6, 6.07) is 7.44. The van der Waals surface area contributed by atoms with E-state index in [0.29, 0.717) is 24.4 Å². The summed E-state index contributed by atoms with van der Waals surface area (Å²) >= 11 is 7.71. The minimum absolute atomic E-state index is 0.0129. The fourth-order valence-corrected chi connectivity index (χ4v) is 5.93. The van der Waals surface area contributed by atoms with Crippen molar-refractivity contribution >= 4 is 35.2 Å². The van der Waals surface area contributed by atoms with E-state index in [4.69, 9.17) is 11.6 Å². The Morgan fingerprint density at radius 1 is 1.18 bits per heavy atom. The first-order valence-corrected chi connectivity index (χ1v) is 11.3. The van der Waals surface area contributed by atoms with Crippen LogP contribution in [-0.2, 0) is 16.1 Å². The monoisotopic (exact) mass is 419 g/mol. The van der Waals surface area contributed by atoms with E-state index in [1.807, 2.05) is 36.0 Å². The van der Waals surface area contributed by atoms with Gasteiger partial charge in [0.2, 0.25) is 11.8 Å². The second-order valence-corrected chi connectivity index (χ2v) is 9.37. The van der Waals surface area contributed by atoms with Crippen LogP contribution < -0.4 is 16.0 Å². The van der Waals surface area contributed by atoms with Gasteiger partial charge in [-0.15, -0.1) is 11.8 Å². The van der Waals surface area contributed by atoms with Gasteiger partial charge in [-0.05, 0) is 60.3 Å². The van der Waals surface area contributed by atoms with Gasteiger partial charge in [0, 0.05) is 18.0 Å². The molecule has 150 valence electrons. The highest BCUT2D eigenvalue weighted by atomic mass is 35.5. The van der Waals surface area contributed by atoms with Gasteiger partial charge in [-0.2, -0.15) is 0 Å². The zero-order valence-electron chi connectivity index (χ0n) is 15.8. The molecule has 1 fully saturated rings. The van der Waals surface area contributed by atoms with Crippen LogP contribution >= 0.6 is 23.4 Å². The summed E-state index contributed by atoms with van der Waals surface area (Å²) in [6.07, 6.45) is 6.65. The van der Waals surface area contributed by atoms with Crippen LogP contribution in [0.3, 0.4) is 0 Å². The summed E-state index contributed by atoms with van der Waals surface area (Å²) in [5.74, 6) is 0.0731. The number of rotatable bonds is 5. The van der Waals surface area contributed by atoms with Crippen LogP contribution in [0.25, 0.3) is 0 Å². The molecule has 3 aliphatic rings. The van der Waals surface area contributed by atoms with Gasteiger partial charge in [0.25, 0.3) is 0 Å². The summed E-state index contributed by atoms with van der Waals surface area (Å²) < 4.78 is 0. The Labute approximate surface area is 175 Å². The highest BCUT2D eigenvalue weighted by Crippen LogP contribution is 2.48. The minimum Gasteiger partial charge on any atom is -0.352 e. The van der Waals surface area contributed by atoms with Gasteiger partial charge in [-0.25, -0.2) is 0 Å². The van der Waals surface area contributed by atoms with E-state index in [2.05, 4.69) is 16.0 Å². The minimum atomic E-state index is -0.147. The van der Waals surface area contributed by atoms with Crippen LogP contribution in [0.1, 0.15) is 50.5 Å². The van der Waals surface area contributed by atoms with E-state index >= 15 is 0 Å². The molecule has 0 spiro atoms. The maximum absolute atomic E-state index is 12.7. The van der Waals surface area contributed by atoms with E-state index in [9.17, 15) is 9.59 Å². The highest BCUT2D eigenvalue weighted by molar-refractivity contribution is 8.04. The predicted molar refractivity (Wildman–Crippen MR) is 113 cm³/mol. The van der Waals surface area contributed by atoms with Crippen molar-refractivity contribution in [2.24, 2.45) is 5.92 Å². The van der Waals surface area contributed by atoms with E-state index in [0.717, 1.165) is 18.4 Å². The summed E-state index contributed by atoms with van der Waals surface area (Å²) in [5, 5.41) is 10.4. The van der Waals surface area contributed by atoms with Crippen LogP contribution in [0, 0.1) is 5.92 Å². The first-order valence-electron chi connectivity index (χ1n) is 10.1. The molecule has 2 aliphatic heterocycles. The normalized spacial score (nSPS) is 26.9. The molecule has 5 nitrogen and oxygen atoms in total. The topological polar surface area (TPSA) is 70.2 Å². The number of amides is 2. The van der Waals surface area contributed by atoms with Crippen molar-refractivity contribution in [3.8, 4) is 0 Å². The summed E-state index contributed by atoms with van der Waals surface area (Å²) in [5.41, 5.74) is 2.37. The molecular formula is C21H26ClN3O2S. The summed E-state index contributed by atoms with van der Waals surface area (Å²) in [4.78, 5) is 26.3. The number of carbonyl (C=O) groups is 2. The first-order chi connectivity index (χ1) is 13.6. The highest BCUT2D eigenvalue weighted by Gasteiger charge is 2.44. The standard InChI is InChI=1S/C21H26ClN3O2S/c22-14-8-6-13(7-9-14)12-23-18(26)11-10-17-24-20(27)19-15-4-2-1-3-5-16(15)28-21(19)25-17/h6-9,17,19,21,25H,1-5,10-12H2,(H,23,26)(H,24,27). The molecule has 3 atom stereocenters. The van der Waals surface area contributed by atoms with Crippen LogP contribution in [0.2, 0.25) is 5.02 Å². The Kier molecular flexibility index (Phi) is 6.28. The van der Waals surface area contributed by atoms with E-state index in [1.165, 1.54) is 29.7 Å². The molecule has 2 amide bonds. The number of carbonyl (C=O) groups excluding carboxylic acids is 2. The van der Waals surface area contributed by atoms with Crippen molar-refractivity contribution in [1.29, 1.82) is 0 Å². The van der Waals surface area contributed by atoms with Crippen molar-refractivity contribution < 1.29 is 9.59 Å². The molecule has 0 saturated carbocycles. The maximum atomic E-state index is 12.7. The molecule has 28 heavy (non-hydrogen) atoms. The zero-order valence-corrected chi connectivity index (χ0v) is 17.4. The third kappa shape index (κ3) is 4.56. The Morgan fingerprint density at radius 3 is 2.79 bits per heavy atom. The largest absolute Gasteiger partial charge is 0.352 e. The van der Waals surface area contributed by atoms with Gasteiger partial charge >= 0.3 is 0 Å². The first kappa shape index (κ1) is 19.8. The molecule has 0 aromatic heterocycles. The van der Waals surface area contributed by atoms with Crippen LogP contribution in [0.15, 0.2) is 34.7 Å². The molecule has 0 bridgehead atoms. The molecule has 1 aromatic rings. The number of benzene rings is 1. The molecule has 1 aromatic carbocycles. The lowest BCUT2D eigenvalue weighted by molar-refractivity contribution is -0.128. The van der Waals surface area contributed by atoms with Gasteiger partial charge in [0.15, 0.2) is 0 Å². The molecule has 4 rings (SSSR count). The Bertz CT molecular complexity index is 780.